The van der Waals surface area contributed by atoms with Crippen LogP contribution in [0.3, 0.4) is 0 Å². The fraction of sp³-hybridized carbons (Fsp3) is 0.545. The predicted octanol–water partition coefficient (Wildman–Crippen LogP) is -3.92. The van der Waals surface area contributed by atoms with E-state index in [1.54, 1.807) is 0 Å². The SMILES string of the molecule is C[C@@H]1O[C@@H](OC2C(Oc3c(-c4ccc(O)cc4)oc4cc(OC5OC(CO)C(O)C(O)C5O)cc(O)c4c3=O)OC(CO)C(O)C2O)[C@H](O)[C@H](O)[C@H]1O. The molecule has 1 aromatic heterocycles. The summed E-state index contributed by atoms with van der Waals surface area (Å²) in [5, 5.41) is 123. The summed E-state index contributed by atoms with van der Waals surface area (Å²) in [4.78, 5) is 14.2. The lowest BCUT2D eigenvalue weighted by molar-refractivity contribution is -0.354. The molecule has 0 radical (unpaired) electrons. The first-order valence-corrected chi connectivity index (χ1v) is 16.4. The Hall–Kier alpha value is -3.71. The molecule has 12 N–H and O–H groups in total. The van der Waals surface area contributed by atoms with Crippen LogP contribution in [0.4, 0.5) is 0 Å². The van der Waals surface area contributed by atoms with Crippen LogP contribution in [0, 0.1) is 0 Å². The zero-order valence-corrected chi connectivity index (χ0v) is 27.7. The van der Waals surface area contributed by atoms with Crippen LogP contribution in [0.5, 0.6) is 23.0 Å². The van der Waals surface area contributed by atoms with E-state index in [1.807, 2.05) is 0 Å². The Balaban J connectivity index is 1.41. The number of fused-ring (bicyclic) bond motifs is 1. The van der Waals surface area contributed by atoms with Crippen LogP contribution in [-0.2, 0) is 18.9 Å². The minimum absolute atomic E-state index is 0.0982. The van der Waals surface area contributed by atoms with Crippen molar-refractivity contribution in [2.24, 2.45) is 0 Å². The molecule has 53 heavy (non-hydrogen) atoms. The molecule has 3 aliphatic heterocycles. The molecule has 20 heteroatoms. The average Bonchev–Trinajstić information content (AvgIpc) is 3.13. The van der Waals surface area contributed by atoms with E-state index in [0.29, 0.717) is 0 Å². The van der Waals surface area contributed by atoms with Gasteiger partial charge in [0.25, 0.3) is 0 Å². The summed E-state index contributed by atoms with van der Waals surface area (Å²) in [5.41, 5.74) is -1.30. The van der Waals surface area contributed by atoms with Crippen molar-refractivity contribution in [3.8, 4) is 34.3 Å². The third-order valence-electron chi connectivity index (χ3n) is 9.29. The average molecular weight is 757 g/mol. The maximum atomic E-state index is 14.2. The summed E-state index contributed by atoms with van der Waals surface area (Å²) in [7, 11) is 0. The number of aliphatic hydroxyl groups is 10. The van der Waals surface area contributed by atoms with Crippen molar-refractivity contribution in [1.29, 1.82) is 0 Å². The van der Waals surface area contributed by atoms with Gasteiger partial charge in [0, 0.05) is 17.7 Å². The van der Waals surface area contributed by atoms with Gasteiger partial charge in [-0.15, -0.1) is 0 Å². The van der Waals surface area contributed by atoms with E-state index in [2.05, 4.69) is 0 Å². The Bertz CT molecular complexity index is 1780. The summed E-state index contributed by atoms with van der Waals surface area (Å²) in [6, 6.07) is 7.18. The lowest BCUT2D eigenvalue weighted by Gasteiger charge is -2.45. The molecule has 3 aliphatic rings. The second-order valence-corrected chi connectivity index (χ2v) is 12.9. The normalized spacial score (nSPS) is 37.8. The molecule has 20 nitrogen and oxygen atoms in total. The molecular formula is C33H40O20. The second-order valence-electron chi connectivity index (χ2n) is 12.9. The number of aliphatic hydroxyl groups excluding tert-OH is 10. The van der Waals surface area contributed by atoms with Gasteiger partial charge >= 0.3 is 0 Å². The maximum absolute atomic E-state index is 14.2. The highest BCUT2D eigenvalue weighted by Gasteiger charge is 2.51. The second kappa shape index (κ2) is 15.6. The number of rotatable bonds is 9. The zero-order valence-electron chi connectivity index (χ0n) is 27.7. The lowest BCUT2D eigenvalue weighted by atomic mass is 9.97. The number of aromatic hydroxyl groups is 2. The number of ether oxygens (including phenoxy) is 6. The minimum Gasteiger partial charge on any atom is -0.508 e. The summed E-state index contributed by atoms with van der Waals surface area (Å²) in [5.74, 6) is -2.26. The monoisotopic (exact) mass is 756 g/mol. The van der Waals surface area contributed by atoms with Gasteiger partial charge in [-0.3, -0.25) is 4.79 Å². The molecule has 10 unspecified atom stereocenters. The molecular weight excluding hydrogens is 716 g/mol. The molecule has 0 spiro atoms. The first kappa shape index (κ1) is 39.0. The van der Waals surface area contributed by atoms with Crippen LogP contribution in [-0.4, -0.2) is 167 Å². The zero-order chi connectivity index (χ0) is 38.5. The quantitative estimate of drug-likeness (QED) is 0.0992. The molecule has 3 fully saturated rings. The number of phenols is 2. The fourth-order valence-electron chi connectivity index (χ4n) is 6.23. The molecule has 0 amide bonds. The minimum atomic E-state index is -1.94. The summed E-state index contributed by atoms with van der Waals surface area (Å²) < 4.78 is 39.9. The number of benzene rings is 2. The van der Waals surface area contributed by atoms with Crippen LogP contribution < -0.4 is 14.9 Å². The number of phenolic OH excluding ortho intramolecular Hbond substituents is 2. The van der Waals surface area contributed by atoms with Crippen LogP contribution in [0.15, 0.2) is 45.6 Å². The number of hydrogen-bond donors (Lipinski definition) is 12. The van der Waals surface area contributed by atoms with Gasteiger partial charge in [0.05, 0.1) is 19.3 Å². The predicted molar refractivity (Wildman–Crippen MR) is 171 cm³/mol. The summed E-state index contributed by atoms with van der Waals surface area (Å²) >= 11 is 0. The Morgan fingerprint density at radius 2 is 1.25 bits per heavy atom. The van der Waals surface area contributed by atoms with Crippen LogP contribution in [0.1, 0.15) is 6.92 Å². The molecule has 0 saturated carbocycles. The van der Waals surface area contributed by atoms with Gasteiger partial charge in [-0.1, -0.05) is 0 Å². The first-order chi connectivity index (χ1) is 25.1. The fourth-order valence-corrected chi connectivity index (χ4v) is 6.23. The van der Waals surface area contributed by atoms with Crippen LogP contribution in [0.2, 0.25) is 0 Å². The van der Waals surface area contributed by atoms with Gasteiger partial charge in [-0.2, -0.15) is 0 Å². The molecule has 6 rings (SSSR count). The first-order valence-electron chi connectivity index (χ1n) is 16.4. The smallest absolute Gasteiger partial charge is 0.239 e. The van der Waals surface area contributed by atoms with E-state index in [1.165, 1.54) is 31.2 Å². The third-order valence-corrected chi connectivity index (χ3v) is 9.29. The van der Waals surface area contributed by atoms with E-state index in [4.69, 9.17) is 32.8 Å². The Morgan fingerprint density at radius 1 is 0.660 bits per heavy atom. The topological polar surface area (TPSA) is 328 Å². The molecule has 2 aromatic carbocycles. The van der Waals surface area contributed by atoms with Crippen molar-refractivity contribution in [2.75, 3.05) is 13.2 Å². The van der Waals surface area contributed by atoms with E-state index in [9.17, 15) is 66.1 Å². The highest BCUT2D eigenvalue weighted by molar-refractivity contribution is 5.88. The summed E-state index contributed by atoms with van der Waals surface area (Å²) in [6.45, 7) is -0.235. The molecule has 292 valence electrons. The summed E-state index contributed by atoms with van der Waals surface area (Å²) in [6.07, 6.45) is -25.3. The van der Waals surface area contributed by atoms with E-state index in [0.717, 1.165) is 12.1 Å². The van der Waals surface area contributed by atoms with Crippen molar-refractivity contribution in [1.82, 2.24) is 0 Å². The van der Waals surface area contributed by atoms with Crippen molar-refractivity contribution in [3.05, 3.63) is 46.6 Å². The molecule has 0 aliphatic carbocycles. The van der Waals surface area contributed by atoms with E-state index >= 15 is 0 Å². The van der Waals surface area contributed by atoms with Crippen LogP contribution in [0.25, 0.3) is 22.3 Å². The third kappa shape index (κ3) is 7.39. The van der Waals surface area contributed by atoms with Gasteiger partial charge in [-0.05, 0) is 31.2 Å². The Morgan fingerprint density at radius 3 is 1.89 bits per heavy atom. The maximum Gasteiger partial charge on any atom is 0.239 e. The molecule has 15 atom stereocenters. The van der Waals surface area contributed by atoms with Gasteiger partial charge in [0.1, 0.15) is 89.3 Å². The highest BCUT2D eigenvalue weighted by Crippen LogP contribution is 2.39. The molecule has 3 saturated heterocycles. The van der Waals surface area contributed by atoms with Crippen molar-refractivity contribution < 1.29 is 94.1 Å². The molecule has 0 bridgehead atoms. The van der Waals surface area contributed by atoms with Gasteiger partial charge in [0.15, 0.2) is 18.2 Å². The van der Waals surface area contributed by atoms with Gasteiger partial charge in [-0.25, -0.2) is 0 Å². The van der Waals surface area contributed by atoms with Gasteiger partial charge < -0.3 is 94.1 Å². The Kier molecular flexibility index (Phi) is 11.5. The highest BCUT2D eigenvalue weighted by atomic mass is 16.8. The van der Waals surface area contributed by atoms with Crippen molar-refractivity contribution >= 4 is 11.0 Å². The molecule has 4 heterocycles. The molecule has 3 aromatic rings. The number of hydrogen-bond acceptors (Lipinski definition) is 20. The standard InChI is InChI=1S/C33H40O20/c1-10-19(38)23(42)26(45)31(47-10)53-30-25(44)21(40)17(9-35)51-33(30)52-29-22(41)18-14(37)6-13(48-32-27(46)24(43)20(39)16(8-34)50-32)7-15(18)49-28(29)11-2-4-12(36)5-3-11/h2-7,10,16-17,19-21,23-27,30-40,42-46H,8-9H2,1H3/t10-,16?,17?,19-,20?,21?,23+,24?,25?,26+,27?,30?,31-,32?,33?/m0/s1. The lowest BCUT2D eigenvalue weighted by Crippen LogP contribution is -2.64. The van der Waals surface area contributed by atoms with Gasteiger partial charge in [0.2, 0.25) is 23.8 Å². The van der Waals surface area contributed by atoms with Crippen LogP contribution >= 0.6 is 0 Å². The van der Waals surface area contributed by atoms with E-state index < -0.39 is 128 Å². The van der Waals surface area contributed by atoms with E-state index in [-0.39, 0.29) is 28.4 Å². The van der Waals surface area contributed by atoms with Crippen molar-refractivity contribution in [2.45, 2.75) is 99.0 Å². The Labute approximate surface area is 298 Å². The van der Waals surface area contributed by atoms with Crippen molar-refractivity contribution in [3.63, 3.8) is 0 Å². The largest absolute Gasteiger partial charge is 0.508 e.